The van der Waals surface area contributed by atoms with E-state index in [0.717, 1.165) is 11.4 Å². The van der Waals surface area contributed by atoms with Gasteiger partial charge < -0.3 is 5.73 Å². The lowest BCUT2D eigenvalue weighted by atomic mass is 10.2. The average molecular weight is 154 g/mol. The van der Waals surface area contributed by atoms with E-state index in [2.05, 4.69) is 0 Å². The predicted molar refractivity (Wildman–Crippen MR) is 46.3 cm³/mol. The molecular weight excluding hydrogens is 144 g/mol. The van der Waals surface area contributed by atoms with Gasteiger partial charge in [0.05, 0.1) is 0 Å². The third-order valence-corrected chi connectivity index (χ3v) is 1.73. The van der Waals surface area contributed by atoms with Gasteiger partial charge in [0.25, 0.3) is 0 Å². The van der Waals surface area contributed by atoms with Crippen molar-refractivity contribution in [1.82, 2.24) is 0 Å². The molecule has 0 fully saturated rings. The van der Waals surface area contributed by atoms with Gasteiger partial charge in [0, 0.05) is 11.4 Å². The Hall–Kier alpha value is -0.670. The molecule has 0 aromatic heterocycles. The van der Waals surface area contributed by atoms with Gasteiger partial charge in [-0.25, -0.2) is 0 Å². The number of anilines is 1. The molecule has 0 unspecified atom stereocenters. The Labute approximate surface area is 64.7 Å². The molecule has 0 aliphatic rings. The molecule has 0 saturated carbocycles. The first-order chi connectivity index (χ1) is 4.83. The minimum atomic E-state index is 0.797. The maximum atomic E-state index is 5.48. The lowest BCUT2D eigenvalue weighted by molar-refractivity contribution is 1.42. The zero-order valence-corrected chi connectivity index (χ0v) is 6.40. The quantitative estimate of drug-likeness (QED) is 0.499. The summed E-state index contributed by atoms with van der Waals surface area (Å²) in [4.78, 5) is 0. The van der Waals surface area contributed by atoms with E-state index in [1.807, 2.05) is 24.3 Å². The molecule has 0 heterocycles. The Morgan fingerprint density at radius 2 is 1.80 bits per heavy atom. The Bertz CT molecular complexity index is 195. The number of nitrogens with two attached hydrogens (primary N) is 2. The summed E-state index contributed by atoms with van der Waals surface area (Å²) >= 11 is 1.32. The van der Waals surface area contributed by atoms with Gasteiger partial charge in [-0.2, -0.15) is 0 Å². The molecule has 1 rings (SSSR count). The fourth-order valence-corrected chi connectivity index (χ4v) is 1.09. The molecule has 1 aromatic rings. The molecule has 54 valence electrons. The van der Waals surface area contributed by atoms with Crippen molar-refractivity contribution < 1.29 is 0 Å². The van der Waals surface area contributed by atoms with E-state index in [9.17, 15) is 0 Å². The monoisotopic (exact) mass is 154 g/mol. The minimum Gasteiger partial charge on any atom is -0.399 e. The highest BCUT2D eigenvalue weighted by Crippen LogP contribution is 2.09. The smallest absolute Gasteiger partial charge is 0.0328 e. The molecule has 0 atom stereocenters. The molecule has 4 N–H and O–H groups in total. The summed E-state index contributed by atoms with van der Waals surface area (Å²) in [5, 5.41) is 5.28. The number of nitrogen functional groups attached to an aromatic ring is 1. The molecule has 0 bridgehead atoms. The van der Waals surface area contributed by atoms with Gasteiger partial charge in [0.2, 0.25) is 0 Å². The maximum Gasteiger partial charge on any atom is 0.0328 e. The van der Waals surface area contributed by atoms with E-state index in [0.29, 0.717) is 0 Å². The van der Waals surface area contributed by atoms with Crippen molar-refractivity contribution in [3.8, 4) is 0 Å². The first kappa shape index (κ1) is 7.44. The highest BCUT2D eigenvalue weighted by atomic mass is 32.2. The highest BCUT2D eigenvalue weighted by molar-refractivity contribution is 7.96. The van der Waals surface area contributed by atoms with Gasteiger partial charge in [-0.15, -0.1) is 0 Å². The van der Waals surface area contributed by atoms with Gasteiger partial charge in [0.1, 0.15) is 0 Å². The van der Waals surface area contributed by atoms with E-state index < -0.39 is 0 Å². The summed E-state index contributed by atoms with van der Waals surface area (Å²) in [5.74, 6) is 0.847. The maximum absolute atomic E-state index is 5.48. The minimum absolute atomic E-state index is 0.797. The van der Waals surface area contributed by atoms with Crippen LogP contribution in [0.4, 0.5) is 5.69 Å². The van der Waals surface area contributed by atoms with Crippen LogP contribution >= 0.6 is 11.9 Å². The van der Waals surface area contributed by atoms with Crippen molar-refractivity contribution in [1.29, 1.82) is 0 Å². The predicted octanol–water partition coefficient (Wildman–Crippen LogP) is 1.38. The summed E-state index contributed by atoms with van der Waals surface area (Å²) in [6, 6.07) is 7.72. The van der Waals surface area contributed by atoms with Gasteiger partial charge in [0.15, 0.2) is 0 Å². The Morgan fingerprint density at radius 1 is 1.20 bits per heavy atom. The fraction of sp³-hybridized carbons (Fsp3) is 0.143. The van der Waals surface area contributed by atoms with Crippen molar-refractivity contribution in [2.45, 2.75) is 5.75 Å². The Kier molecular flexibility index (Phi) is 2.59. The average Bonchev–Trinajstić information content (AvgIpc) is 1.95. The van der Waals surface area contributed by atoms with Crippen LogP contribution in [0.1, 0.15) is 5.56 Å². The topological polar surface area (TPSA) is 52.0 Å². The van der Waals surface area contributed by atoms with E-state index in [1.54, 1.807) is 0 Å². The summed E-state index contributed by atoms with van der Waals surface area (Å²) < 4.78 is 0. The standard InChI is InChI=1S/C7H10N2S/c8-7-3-1-6(2-4-7)5-10-9/h1-4H,5,8-9H2. The lowest BCUT2D eigenvalue weighted by Gasteiger charge is -1.96. The molecule has 0 radical (unpaired) electrons. The molecular formula is C7H10N2S. The molecule has 0 amide bonds. The molecule has 3 heteroatoms. The third kappa shape index (κ3) is 1.93. The van der Waals surface area contributed by atoms with Crippen molar-refractivity contribution in [3.63, 3.8) is 0 Å². The third-order valence-electron chi connectivity index (χ3n) is 1.23. The number of benzene rings is 1. The second-order valence-corrected chi connectivity index (χ2v) is 2.67. The summed E-state index contributed by atoms with van der Waals surface area (Å²) in [7, 11) is 0. The molecule has 2 nitrogen and oxygen atoms in total. The largest absolute Gasteiger partial charge is 0.399 e. The normalized spacial score (nSPS) is 9.70. The van der Waals surface area contributed by atoms with Crippen LogP contribution in [-0.4, -0.2) is 0 Å². The second kappa shape index (κ2) is 3.49. The van der Waals surface area contributed by atoms with Crippen LogP contribution < -0.4 is 10.9 Å². The van der Waals surface area contributed by atoms with Crippen LogP contribution in [0.3, 0.4) is 0 Å². The Balaban J connectivity index is 2.69. The number of hydrogen-bond acceptors (Lipinski definition) is 3. The van der Waals surface area contributed by atoms with Gasteiger partial charge >= 0.3 is 0 Å². The van der Waals surface area contributed by atoms with Crippen LogP contribution in [-0.2, 0) is 5.75 Å². The zero-order valence-electron chi connectivity index (χ0n) is 5.58. The lowest BCUT2D eigenvalue weighted by Crippen LogP contribution is -1.87. The van der Waals surface area contributed by atoms with Crippen LogP contribution in [0.15, 0.2) is 24.3 Å². The molecule has 10 heavy (non-hydrogen) atoms. The summed E-state index contributed by atoms with van der Waals surface area (Å²) in [6.45, 7) is 0. The van der Waals surface area contributed by atoms with Crippen molar-refractivity contribution in [2.75, 3.05) is 5.73 Å². The summed E-state index contributed by atoms with van der Waals surface area (Å²) in [6.07, 6.45) is 0. The van der Waals surface area contributed by atoms with Crippen LogP contribution in [0.5, 0.6) is 0 Å². The van der Waals surface area contributed by atoms with Crippen molar-refractivity contribution in [3.05, 3.63) is 29.8 Å². The number of hydrogen-bond donors (Lipinski definition) is 2. The molecule has 0 saturated heterocycles. The molecule has 0 aliphatic heterocycles. The molecule has 0 spiro atoms. The number of rotatable bonds is 2. The van der Waals surface area contributed by atoms with E-state index in [-0.39, 0.29) is 0 Å². The first-order valence-electron chi connectivity index (χ1n) is 2.99. The second-order valence-electron chi connectivity index (χ2n) is 2.05. The van der Waals surface area contributed by atoms with Crippen LogP contribution in [0.2, 0.25) is 0 Å². The van der Waals surface area contributed by atoms with Gasteiger partial charge in [-0.05, 0) is 17.7 Å². The summed E-state index contributed by atoms with van der Waals surface area (Å²) in [5.41, 5.74) is 7.49. The van der Waals surface area contributed by atoms with Gasteiger partial charge in [-0.3, -0.25) is 5.14 Å². The van der Waals surface area contributed by atoms with Gasteiger partial charge in [-0.1, -0.05) is 24.1 Å². The van der Waals surface area contributed by atoms with E-state index in [4.69, 9.17) is 10.9 Å². The first-order valence-corrected chi connectivity index (χ1v) is 4.04. The molecule has 0 aliphatic carbocycles. The fourth-order valence-electron chi connectivity index (χ4n) is 0.710. The Morgan fingerprint density at radius 3 is 2.30 bits per heavy atom. The molecule has 1 aromatic carbocycles. The van der Waals surface area contributed by atoms with Crippen LogP contribution in [0, 0.1) is 0 Å². The SMILES string of the molecule is NSCc1ccc(N)cc1. The highest BCUT2D eigenvalue weighted by Gasteiger charge is 1.89. The van der Waals surface area contributed by atoms with Crippen LogP contribution in [0.25, 0.3) is 0 Å². The van der Waals surface area contributed by atoms with E-state index in [1.165, 1.54) is 17.5 Å². The zero-order chi connectivity index (χ0) is 7.40. The van der Waals surface area contributed by atoms with Crippen molar-refractivity contribution in [2.24, 2.45) is 5.14 Å². The van der Waals surface area contributed by atoms with E-state index >= 15 is 0 Å². The van der Waals surface area contributed by atoms with Crippen molar-refractivity contribution >= 4 is 17.6 Å².